The summed E-state index contributed by atoms with van der Waals surface area (Å²) in [4.78, 5) is 3.33. The molecule has 0 fully saturated rings. The molecule has 0 unspecified atom stereocenters. The standard InChI is InChI=1S/C12H10N2O2S/c13-17(15,16)11-7-3-6-10-12(11)8-4-1-2-5-9(8)14-10/h1-7,14H,(H2,13,15,16). The first-order chi connectivity index (χ1) is 8.07. The number of para-hydroxylation sites is 1. The van der Waals surface area contributed by atoms with Gasteiger partial charge in [0.05, 0.1) is 4.90 Å². The zero-order valence-electron chi connectivity index (χ0n) is 8.84. The molecule has 0 radical (unpaired) electrons. The van der Waals surface area contributed by atoms with Gasteiger partial charge in [-0.1, -0.05) is 24.3 Å². The molecule has 0 amide bonds. The van der Waals surface area contributed by atoms with E-state index in [1.54, 1.807) is 6.07 Å². The summed E-state index contributed by atoms with van der Waals surface area (Å²) in [5.41, 5.74) is 1.68. The first kappa shape index (κ1) is 10.3. The van der Waals surface area contributed by atoms with Crippen molar-refractivity contribution in [2.75, 3.05) is 0 Å². The number of hydrogen-bond donors (Lipinski definition) is 2. The Morgan fingerprint density at radius 1 is 0.941 bits per heavy atom. The molecule has 0 saturated heterocycles. The van der Waals surface area contributed by atoms with Gasteiger partial charge in [0.1, 0.15) is 0 Å². The van der Waals surface area contributed by atoms with Crippen molar-refractivity contribution in [1.82, 2.24) is 4.98 Å². The smallest absolute Gasteiger partial charge is 0.238 e. The molecule has 3 rings (SSSR count). The highest BCUT2D eigenvalue weighted by molar-refractivity contribution is 7.89. The molecule has 0 aliphatic heterocycles. The molecule has 0 saturated carbocycles. The highest BCUT2D eigenvalue weighted by Crippen LogP contribution is 2.29. The Hall–Kier alpha value is -1.85. The maximum atomic E-state index is 11.6. The van der Waals surface area contributed by atoms with Crippen LogP contribution in [-0.2, 0) is 10.0 Å². The second-order valence-electron chi connectivity index (χ2n) is 3.89. The van der Waals surface area contributed by atoms with Crippen LogP contribution in [0.15, 0.2) is 47.4 Å². The van der Waals surface area contributed by atoms with Crippen LogP contribution in [0.5, 0.6) is 0 Å². The molecule has 1 heterocycles. The number of benzene rings is 2. The third-order valence-electron chi connectivity index (χ3n) is 2.80. The van der Waals surface area contributed by atoms with Crippen LogP contribution < -0.4 is 5.14 Å². The molecular formula is C12H10N2O2S. The Labute approximate surface area is 98.1 Å². The van der Waals surface area contributed by atoms with E-state index >= 15 is 0 Å². The fourth-order valence-corrected chi connectivity index (χ4v) is 2.88. The second kappa shape index (κ2) is 3.32. The zero-order valence-corrected chi connectivity index (χ0v) is 9.66. The molecule has 3 aromatic rings. The highest BCUT2D eigenvalue weighted by Gasteiger charge is 2.15. The highest BCUT2D eigenvalue weighted by atomic mass is 32.2. The van der Waals surface area contributed by atoms with Crippen LogP contribution in [0, 0.1) is 0 Å². The predicted molar refractivity (Wildman–Crippen MR) is 67.2 cm³/mol. The summed E-state index contributed by atoms with van der Waals surface area (Å²) in [7, 11) is -3.71. The van der Waals surface area contributed by atoms with Crippen molar-refractivity contribution in [3.63, 3.8) is 0 Å². The van der Waals surface area contributed by atoms with Crippen molar-refractivity contribution >= 4 is 31.8 Å². The summed E-state index contributed by atoms with van der Waals surface area (Å²) in [5.74, 6) is 0. The molecular weight excluding hydrogens is 236 g/mol. The van der Waals surface area contributed by atoms with E-state index in [4.69, 9.17) is 5.14 Å². The molecule has 0 aliphatic rings. The van der Waals surface area contributed by atoms with E-state index in [1.165, 1.54) is 6.07 Å². The van der Waals surface area contributed by atoms with Crippen LogP contribution in [0.2, 0.25) is 0 Å². The van der Waals surface area contributed by atoms with Gasteiger partial charge >= 0.3 is 0 Å². The van der Waals surface area contributed by atoms with E-state index in [1.807, 2.05) is 30.3 Å². The first-order valence-electron chi connectivity index (χ1n) is 5.09. The average Bonchev–Trinajstić information content (AvgIpc) is 2.65. The van der Waals surface area contributed by atoms with Crippen LogP contribution in [-0.4, -0.2) is 13.4 Å². The minimum Gasteiger partial charge on any atom is -0.354 e. The number of nitrogens with two attached hydrogens (primary N) is 1. The number of fused-ring (bicyclic) bond motifs is 3. The van der Waals surface area contributed by atoms with Crippen molar-refractivity contribution in [1.29, 1.82) is 0 Å². The lowest BCUT2D eigenvalue weighted by Crippen LogP contribution is -2.12. The Morgan fingerprint density at radius 3 is 2.41 bits per heavy atom. The largest absolute Gasteiger partial charge is 0.354 e. The number of hydrogen-bond acceptors (Lipinski definition) is 2. The van der Waals surface area contributed by atoms with Gasteiger partial charge in [0.25, 0.3) is 0 Å². The number of rotatable bonds is 1. The summed E-state index contributed by atoms with van der Waals surface area (Å²) in [6.07, 6.45) is 0. The summed E-state index contributed by atoms with van der Waals surface area (Å²) < 4.78 is 23.1. The normalized spacial score (nSPS) is 12.3. The van der Waals surface area contributed by atoms with Gasteiger partial charge in [0, 0.05) is 21.8 Å². The summed E-state index contributed by atoms with van der Waals surface area (Å²) in [5, 5.41) is 6.76. The second-order valence-corrected chi connectivity index (χ2v) is 5.42. The number of primary sulfonamides is 1. The third kappa shape index (κ3) is 1.51. The molecule has 17 heavy (non-hydrogen) atoms. The monoisotopic (exact) mass is 246 g/mol. The van der Waals surface area contributed by atoms with E-state index < -0.39 is 10.0 Å². The Kier molecular flexibility index (Phi) is 2.01. The first-order valence-corrected chi connectivity index (χ1v) is 6.64. The fraction of sp³-hybridized carbons (Fsp3) is 0. The number of aromatic nitrogens is 1. The van der Waals surface area contributed by atoms with Crippen LogP contribution in [0.1, 0.15) is 0 Å². The van der Waals surface area contributed by atoms with Crippen LogP contribution in [0.25, 0.3) is 21.8 Å². The SMILES string of the molecule is NS(=O)(=O)c1cccc2[nH]c3ccccc3c12. The number of sulfonamides is 1. The minimum absolute atomic E-state index is 0.160. The molecule has 0 aliphatic carbocycles. The molecule has 0 spiro atoms. The lowest BCUT2D eigenvalue weighted by Gasteiger charge is -2.00. The Morgan fingerprint density at radius 2 is 1.65 bits per heavy atom. The lowest BCUT2D eigenvalue weighted by atomic mass is 10.1. The van der Waals surface area contributed by atoms with Crippen molar-refractivity contribution in [2.24, 2.45) is 5.14 Å². The maximum absolute atomic E-state index is 11.6. The topological polar surface area (TPSA) is 76.0 Å². The van der Waals surface area contributed by atoms with Gasteiger partial charge in [-0.25, -0.2) is 13.6 Å². The maximum Gasteiger partial charge on any atom is 0.238 e. The van der Waals surface area contributed by atoms with E-state index in [2.05, 4.69) is 4.98 Å². The number of H-pyrrole nitrogens is 1. The van der Waals surface area contributed by atoms with Crippen molar-refractivity contribution in [3.05, 3.63) is 42.5 Å². The molecule has 5 heteroatoms. The van der Waals surface area contributed by atoms with Crippen LogP contribution in [0.4, 0.5) is 0 Å². The van der Waals surface area contributed by atoms with Crippen molar-refractivity contribution < 1.29 is 8.42 Å². The van der Waals surface area contributed by atoms with E-state index in [0.717, 1.165) is 16.4 Å². The zero-order chi connectivity index (χ0) is 12.0. The van der Waals surface area contributed by atoms with Crippen LogP contribution >= 0.6 is 0 Å². The Bertz CT molecular complexity index is 819. The van der Waals surface area contributed by atoms with Gasteiger partial charge < -0.3 is 4.98 Å². The molecule has 0 bridgehead atoms. The average molecular weight is 246 g/mol. The fourth-order valence-electron chi connectivity index (χ4n) is 2.11. The lowest BCUT2D eigenvalue weighted by molar-refractivity contribution is 0.598. The summed E-state index contributed by atoms with van der Waals surface area (Å²) in [6, 6.07) is 12.6. The molecule has 3 N–H and O–H groups in total. The predicted octanol–water partition coefficient (Wildman–Crippen LogP) is 1.97. The minimum atomic E-state index is -3.71. The number of aromatic amines is 1. The van der Waals surface area contributed by atoms with Crippen LogP contribution in [0.3, 0.4) is 0 Å². The third-order valence-corrected chi connectivity index (χ3v) is 3.75. The Balaban J connectivity index is 2.61. The molecule has 2 aromatic carbocycles. The van der Waals surface area contributed by atoms with Gasteiger partial charge in [-0.2, -0.15) is 0 Å². The van der Waals surface area contributed by atoms with Gasteiger partial charge in [-0.05, 0) is 18.2 Å². The quantitative estimate of drug-likeness (QED) is 0.688. The van der Waals surface area contributed by atoms with Crippen molar-refractivity contribution in [3.8, 4) is 0 Å². The van der Waals surface area contributed by atoms with Gasteiger partial charge in [0.15, 0.2) is 0 Å². The van der Waals surface area contributed by atoms with E-state index in [9.17, 15) is 8.42 Å². The summed E-state index contributed by atoms with van der Waals surface area (Å²) in [6.45, 7) is 0. The van der Waals surface area contributed by atoms with E-state index in [-0.39, 0.29) is 4.90 Å². The molecule has 1 aromatic heterocycles. The molecule has 0 atom stereocenters. The van der Waals surface area contributed by atoms with Gasteiger partial charge in [-0.15, -0.1) is 0 Å². The number of nitrogens with one attached hydrogen (secondary N) is 1. The summed E-state index contributed by atoms with van der Waals surface area (Å²) >= 11 is 0. The van der Waals surface area contributed by atoms with Gasteiger partial charge in [0.2, 0.25) is 10.0 Å². The van der Waals surface area contributed by atoms with Crippen molar-refractivity contribution in [2.45, 2.75) is 4.90 Å². The molecule has 4 nitrogen and oxygen atoms in total. The van der Waals surface area contributed by atoms with E-state index in [0.29, 0.717) is 5.39 Å². The van der Waals surface area contributed by atoms with Gasteiger partial charge in [-0.3, -0.25) is 0 Å². The molecule has 86 valence electrons.